The lowest BCUT2D eigenvalue weighted by molar-refractivity contribution is -0.269. The Bertz CT molecular complexity index is 147. The molecule has 1 rings (SSSR count). The monoisotopic (exact) mass is 306 g/mol. The van der Waals surface area contributed by atoms with Gasteiger partial charge in [0.1, 0.15) is 47.4 Å². The number of ether oxygens (including phenoxy) is 1. The minimum atomic E-state index is -1.37. The van der Waals surface area contributed by atoms with Crippen molar-refractivity contribution in [3.63, 3.8) is 0 Å². The predicted octanol–water partition coefficient (Wildman–Crippen LogP) is -1.85. The Hall–Kier alpha value is 0.490. The van der Waals surface area contributed by atoms with Crippen LogP contribution >= 0.6 is 23.0 Å². The van der Waals surface area contributed by atoms with E-state index in [-0.39, 0.29) is 0 Å². The molecular weight excluding hydrogens is 295 g/mol. The first-order valence-electron chi connectivity index (χ1n) is 3.69. The molecule has 7 heteroatoms. The van der Waals surface area contributed by atoms with Gasteiger partial charge in [0, 0.05) is 0 Å². The van der Waals surface area contributed by atoms with Crippen molar-refractivity contribution in [1.29, 1.82) is 0 Å². The van der Waals surface area contributed by atoms with E-state index >= 15 is 0 Å². The summed E-state index contributed by atoms with van der Waals surface area (Å²) in [7, 11) is 0. The highest BCUT2D eigenvalue weighted by atomic mass is 127. The second-order valence-electron chi connectivity index (χ2n) is 2.79. The molecule has 0 spiro atoms. The fraction of sp³-hybridized carbons (Fsp3) is 1.00. The molecule has 0 aromatic heterocycles. The quantitative estimate of drug-likeness (QED) is 0.447. The van der Waals surface area contributed by atoms with Gasteiger partial charge in [0.05, 0.1) is 6.61 Å². The lowest BCUT2D eigenvalue weighted by Crippen LogP contribution is -2.58. The van der Waals surface area contributed by atoms with Gasteiger partial charge < -0.3 is 25.2 Å². The molecule has 1 saturated heterocycles. The van der Waals surface area contributed by atoms with Gasteiger partial charge in [0.2, 0.25) is 0 Å². The first-order chi connectivity index (χ1) is 6.11. The maximum atomic E-state index is 9.27. The van der Waals surface area contributed by atoms with Crippen molar-refractivity contribution >= 4 is 23.0 Å². The zero-order valence-electron chi connectivity index (χ0n) is 6.58. The van der Waals surface area contributed by atoms with Gasteiger partial charge in [-0.3, -0.25) is 3.07 Å². The van der Waals surface area contributed by atoms with Crippen LogP contribution in [0.3, 0.4) is 0 Å². The molecule has 0 aliphatic carbocycles. The summed E-state index contributed by atoms with van der Waals surface area (Å²) < 4.78 is 9.61. The topological polar surface area (TPSA) is 99.4 Å². The number of aliphatic hydroxyl groups excluding tert-OH is 4. The fourth-order valence-corrected chi connectivity index (χ4v) is 1.56. The van der Waals surface area contributed by atoms with Crippen LogP contribution in [-0.2, 0) is 7.80 Å². The Kier molecular flexibility index (Phi) is 4.29. The highest BCUT2D eigenvalue weighted by Crippen LogP contribution is 2.22. The van der Waals surface area contributed by atoms with Gasteiger partial charge in [0.25, 0.3) is 0 Å². The SMILES string of the molecule is OC[C@H]1OC(OI)[C@H](O)[C@@H](O)[C@@H]1O. The largest absolute Gasteiger partial charge is 0.394 e. The smallest absolute Gasteiger partial charge is 0.197 e. The van der Waals surface area contributed by atoms with E-state index in [4.69, 9.17) is 9.84 Å². The van der Waals surface area contributed by atoms with Crippen LogP contribution in [0.25, 0.3) is 0 Å². The van der Waals surface area contributed by atoms with E-state index in [2.05, 4.69) is 3.07 Å². The van der Waals surface area contributed by atoms with Gasteiger partial charge in [-0.1, -0.05) is 0 Å². The Morgan fingerprint density at radius 3 is 2.23 bits per heavy atom. The Morgan fingerprint density at radius 1 is 1.15 bits per heavy atom. The zero-order valence-corrected chi connectivity index (χ0v) is 8.73. The van der Waals surface area contributed by atoms with Crippen LogP contribution in [-0.4, -0.2) is 57.7 Å². The average molecular weight is 306 g/mol. The molecule has 1 aliphatic heterocycles. The fourth-order valence-electron chi connectivity index (χ4n) is 1.14. The van der Waals surface area contributed by atoms with Crippen molar-refractivity contribution in [3.8, 4) is 0 Å². The number of hydrogen-bond donors (Lipinski definition) is 4. The van der Waals surface area contributed by atoms with E-state index in [9.17, 15) is 15.3 Å². The summed E-state index contributed by atoms with van der Waals surface area (Å²) in [6, 6.07) is 0. The lowest BCUT2D eigenvalue weighted by atomic mass is 10.00. The third-order valence-electron chi connectivity index (χ3n) is 1.94. The molecule has 0 aromatic rings. The summed E-state index contributed by atoms with van der Waals surface area (Å²) in [5, 5.41) is 36.6. The Labute approximate surface area is 88.8 Å². The molecule has 0 amide bonds. The second-order valence-corrected chi connectivity index (χ2v) is 3.29. The summed E-state index contributed by atoms with van der Waals surface area (Å²) in [4.78, 5) is 0. The standard InChI is InChI=1S/C6H11IO6/c7-13-6-5(11)4(10)3(9)2(1-8)12-6/h2-6,8-11H,1H2/t2-,3-,4+,5-,6?/m1/s1. The van der Waals surface area contributed by atoms with Crippen LogP contribution in [0.15, 0.2) is 0 Å². The van der Waals surface area contributed by atoms with E-state index in [1.54, 1.807) is 0 Å². The van der Waals surface area contributed by atoms with Gasteiger partial charge >= 0.3 is 0 Å². The number of aliphatic hydroxyl groups is 4. The average Bonchev–Trinajstić information content (AvgIpc) is 2.15. The van der Waals surface area contributed by atoms with E-state index < -0.39 is 37.3 Å². The van der Waals surface area contributed by atoms with Crippen molar-refractivity contribution in [2.75, 3.05) is 6.61 Å². The highest BCUT2D eigenvalue weighted by molar-refractivity contribution is 14.1. The molecule has 1 fully saturated rings. The molecule has 1 unspecified atom stereocenters. The van der Waals surface area contributed by atoms with Crippen LogP contribution in [0, 0.1) is 0 Å². The van der Waals surface area contributed by atoms with E-state index in [1.807, 2.05) is 0 Å². The summed E-state index contributed by atoms with van der Waals surface area (Å²) in [6.45, 7) is -0.443. The van der Waals surface area contributed by atoms with Crippen LogP contribution in [0.5, 0.6) is 0 Å². The maximum absolute atomic E-state index is 9.27. The predicted molar refractivity (Wildman–Crippen MR) is 48.9 cm³/mol. The number of rotatable bonds is 2. The third kappa shape index (κ3) is 2.29. The Balaban J connectivity index is 2.66. The minimum absolute atomic E-state index is 0.443. The first kappa shape index (κ1) is 11.6. The first-order valence-corrected chi connectivity index (χ1v) is 4.57. The normalized spacial score (nSPS) is 46.4. The van der Waals surface area contributed by atoms with Crippen LogP contribution < -0.4 is 0 Å². The zero-order chi connectivity index (χ0) is 10.0. The van der Waals surface area contributed by atoms with Gasteiger partial charge in [-0.2, -0.15) is 0 Å². The minimum Gasteiger partial charge on any atom is -0.394 e. The van der Waals surface area contributed by atoms with Gasteiger partial charge in [0.15, 0.2) is 6.29 Å². The lowest BCUT2D eigenvalue weighted by Gasteiger charge is -2.38. The molecule has 0 aromatic carbocycles. The van der Waals surface area contributed by atoms with Crippen molar-refractivity contribution in [1.82, 2.24) is 0 Å². The van der Waals surface area contributed by atoms with E-state index in [0.717, 1.165) is 0 Å². The molecule has 4 N–H and O–H groups in total. The molecular formula is C6H11IO6. The molecule has 0 radical (unpaired) electrons. The molecule has 1 aliphatic rings. The summed E-state index contributed by atoms with van der Waals surface area (Å²) >= 11 is 1.51. The van der Waals surface area contributed by atoms with Crippen LogP contribution in [0.4, 0.5) is 0 Å². The maximum Gasteiger partial charge on any atom is 0.197 e. The molecule has 1 heterocycles. The number of halogens is 1. The van der Waals surface area contributed by atoms with Crippen molar-refractivity contribution < 1.29 is 28.2 Å². The van der Waals surface area contributed by atoms with E-state index in [1.165, 1.54) is 23.0 Å². The molecule has 78 valence electrons. The van der Waals surface area contributed by atoms with Gasteiger partial charge in [-0.05, 0) is 0 Å². The molecule has 6 nitrogen and oxygen atoms in total. The molecule has 5 atom stereocenters. The van der Waals surface area contributed by atoms with Crippen LogP contribution in [0.1, 0.15) is 0 Å². The van der Waals surface area contributed by atoms with Gasteiger partial charge in [-0.25, -0.2) is 0 Å². The molecule has 0 bridgehead atoms. The molecule has 13 heavy (non-hydrogen) atoms. The summed E-state index contributed by atoms with van der Waals surface area (Å²) in [6.07, 6.45) is -5.95. The van der Waals surface area contributed by atoms with Crippen molar-refractivity contribution in [3.05, 3.63) is 0 Å². The van der Waals surface area contributed by atoms with Crippen molar-refractivity contribution in [2.45, 2.75) is 30.7 Å². The van der Waals surface area contributed by atoms with Crippen molar-refractivity contribution in [2.24, 2.45) is 0 Å². The number of hydrogen-bond acceptors (Lipinski definition) is 6. The second kappa shape index (κ2) is 4.82. The highest BCUT2D eigenvalue weighted by Gasteiger charge is 2.43. The summed E-state index contributed by atoms with van der Waals surface area (Å²) in [5.74, 6) is 0. The molecule has 0 saturated carbocycles. The van der Waals surface area contributed by atoms with E-state index in [0.29, 0.717) is 0 Å². The van der Waals surface area contributed by atoms with Gasteiger partial charge in [-0.15, -0.1) is 0 Å². The third-order valence-corrected chi connectivity index (χ3v) is 2.44. The Morgan fingerprint density at radius 2 is 1.77 bits per heavy atom. The summed E-state index contributed by atoms with van der Waals surface area (Å²) in [5.41, 5.74) is 0. The van der Waals surface area contributed by atoms with Crippen LogP contribution in [0.2, 0.25) is 0 Å².